The summed E-state index contributed by atoms with van der Waals surface area (Å²) in [5.74, 6) is 0. The molecule has 0 unspecified atom stereocenters. The molecule has 0 saturated heterocycles. The van der Waals surface area contributed by atoms with Crippen LogP contribution in [0.1, 0.15) is 11.1 Å². The van der Waals surface area contributed by atoms with E-state index in [-0.39, 0.29) is 0 Å². The fourth-order valence-electron chi connectivity index (χ4n) is 1.50. The maximum absolute atomic E-state index is 5.78. The van der Waals surface area contributed by atoms with Gasteiger partial charge in [-0.3, -0.25) is 0 Å². The van der Waals surface area contributed by atoms with Gasteiger partial charge in [0.15, 0.2) is 0 Å². The number of anilines is 1. The second-order valence-corrected chi connectivity index (χ2v) is 4.28. The average Bonchev–Trinajstić information content (AvgIpc) is 2.57. The van der Waals surface area contributed by atoms with Crippen molar-refractivity contribution in [2.24, 2.45) is 0 Å². The van der Waals surface area contributed by atoms with Crippen LogP contribution in [-0.4, -0.2) is 0 Å². The highest BCUT2D eigenvalue weighted by atomic mass is 32.1. The number of nitrogens with two attached hydrogens (primary N) is 1. The quantitative estimate of drug-likeness (QED) is 0.704. The van der Waals surface area contributed by atoms with Crippen LogP contribution in [0.4, 0.5) is 5.69 Å². The molecule has 2 heteroatoms. The lowest BCUT2D eigenvalue weighted by atomic mass is 10.0. The van der Waals surface area contributed by atoms with Crippen molar-refractivity contribution in [1.82, 2.24) is 0 Å². The third-order valence-electron chi connectivity index (χ3n) is 2.44. The first-order valence-electron chi connectivity index (χ1n) is 4.58. The molecule has 1 nitrogen and oxygen atoms in total. The van der Waals surface area contributed by atoms with Crippen LogP contribution in [0.25, 0.3) is 11.1 Å². The van der Waals surface area contributed by atoms with Crippen LogP contribution in [0.2, 0.25) is 0 Å². The fourth-order valence-corrected chi connectivity index (χ4v) is 2.36. The van der Waals surface area contributed by atoms with Gasteiger partial charge in [0.25, 0.3) is 0 Å². The third-order valence-corrected chi connectivity index (χ3v) is 3.30. The summed E-state index contributed by atoms with van der Waals surface area (Å²) in [6.07, 6.45) is 0. The maximum Gasteiger partial charge on any atom is 0.0344 e. The van der Waals surface area contributed by atoms with Crippen molar-refractivity contribution in [3.05, 3.63) is 40.1 Å². The highest BCUT2D eigenvalue weighted by Crippen LogP contribution is 2.28. The zero-order chi connectivity index (χ0) is 10.1. The smallest absolute Gasteiger partial charge is 0.0344 e. The van der Waals surface area contributed by atoms with Gasteiger partial charge in [-0.1, -0.05) is 6.07 Å². The van der Waals surface area contributed by atoms with Crippen molar-refractivity contribution >= 4 is 17.0 Å². The minimum Gasteiger partial charge on any atom is -0.399 e. The molecule has 1 aromatic heterocycles. The standard InChI is InChI=1S/C12H13NS/c1-8-5-10(3-4-12(8)13)11-7-14-6-9(11)2/h3-7H,13H2,1-2H3. The van der Waals surface area contributed by atoms with Gasteiger partial charge in [0.1, 0.15) is 0 Å². The summed E-state index contributed by atoms with van der Waals surface area (Å²) >= 11 is 1.74. The van der Waals surface area contributed by atoms with Crippen molar-refractivity contribution in [3.63, 3.8) is 0 Å². The largest absolute Gasteiger partial charge is 0.399 e. The summed E-state index contributed by atoms with van der Waals surface area (Å²) in [6, 6.07) is 6.20. The van der Waals surface area contributed by atoms with E-state index in [1.165, 1.54) is 16.7 Å². The van der Waals surface area contributed by atoms with E-state index in [0.29, 0.717) is 0 Å². The number of hydrogen-bond acceptors (Lipinski definition) is 2. The van der Waals surface area contributed by atoms with Crippen molar-refractivity contribution in [1.29, 1.82) is 0 Å². The Kier molecular flexibility index (Phi) is 2.30. The van der Waals surface area contributed by atoms with Crippen molar-refractivity contribution < 1.29 is 0 Å². The molecule has 0 aliphatic heterocycles. The summed E-state index contributed by atoms with van der Waals surface area (Å²) in [5.41, 5.74) is 11.7. The van der Waals surface area contributed by atoms with Crippen LogP contribution in [0.15, 0.2) is 29.0 Å². The molecular weight excluding hydrogens is 190 g/mol. The Balaban J connectivity index is 2.53. The second kappa shape index (κ2) is 3.46. The van der Waals surface area contributed by atoms with Gasteiger partial charge in [-0.05, 0) is 59.0 Å². The van der Waals surface area contributed by atoms with Gasteiger partial charge in [-0.2, -0.15) is 11.3 Å². The monoisotopic (exact) mass is 203 g/mol. The van der Waals surface area contributed by atoms with Crippen LogP contribution in [-0.2, 0) is 0 Å². The van der Waals surface area contributed by atoms with E-state index in [2.05, 4.69) is 29.8 Å². The molecule has 0 aliphatic rings. The summed E-state index contributed by atoms with van der Waals surface area (Å²) in [6.45, 7) is 4.18. The predicted molar refractivity (Wildman–Crippen MR) is 63.6 cm³/mol. The van der Waals surface area contributed by atoms with Crippen LogP contribution in [0, 0.1) is 13.8 Å². The lowest BCUT2D eigenvalue weighted by Gasteiger charge is -2.04. The van der Waals surface area contributed by atoms with Crippen LogP contribution < -0.4 is 5.73 Å². The predicted octanol–water partition coefficient (Wildman–Crippen LogP) is 3.61. The molecular formula is C12H13NS. The zero-order valence-electron chi connectivity index (χ0n) is 8.37. The Morgan fingerprint density at radius 2 is 1.86 bits per heavy atom. The number of nitrogen functional groups attached to an aromatic ring is 1. The molecule has 0 fully saturated rings. The van der Waals surface area contributed by atoms with Crippen LogP contribution in [0.3, 0.4) is 0 Å². The molecule has 0 radical (unpaired) electrons. The summed E-state index contributed by atoms with van der Waals surface area (Å²) < 4.78 is 0. The van der Waals surface area contributed by atoms with Gasteiger partial charge >= 0.3 is 0 Å². The Bertz CT molecular complexity index is 457. The molecule has 1 heterocycles. The summed E-state index contributed by atoms with van der Waals surface area (Å²) in [5, 5.41) is 4.35. The fraction of sp³-hybridized carbons (Fsp3) is 0.167. The zero-order valence-corrected chi connectivity index (χ0v) is 9.19. The maximum atomic E-state index is 5.78. The SMILES string of the molecule is Cc1cc(-c2cscc2C)ccc1N. The number of hydrogen-bond donors (Lipinski definition) is 1. The van der Waals surface area contributed by atoms with E-state index in [0.717, 1.165) is 11.3 Å². The number of rotatable bonds is 1. The molecule has 2 rings (SSSR count). The number of thiophene rings is 1. The Hall–Kier alpha value is -1.28. The first kappa shape index (κ1) is 9.28. The molecule has 2 N–H and O–H groups in total. The summed E-state index contributed by atoms with van der Waals surface area (Å²) in [4.78, 5) is 0. The normalized spacial score (nSPS) is 10.4. The molecule has 0 saturated carbocycles. The number of benzene rings is 1. The first-order valence-corrected chi connectivity index (χ1v) is 5.52. The third kappa shape index (κ3) is 1.53. The Morgan fingerprint density at radius 3 is 2.43 bits per heavy atom. The average molecular weight is 203 g/mol. The van der Waals surface area contributed by atoms with Gasteiger partial charge in [-0.25, -0.2) is 0 Å². The van der Waals surface area contributed by atoms with Crippen LogP contribution >= 0.6 is 11.3 Å². The van der Waals surface area contributed by atoms with Gasteiger partial charge in [-0.15, -0.1) is 0 Å². The van der Waals surface area contributed by atoms with Gasteiger partial charge in [0, 0.05) is 5.69 Å². The van der Waals surface area contributed by atoms with E-state index >= 15 is 0 Å². The van der Waals surface area contributed by atoms with Crippen molar-refractivity contribution in [2.75, 3.05) is 5.73 Å². The lowest BCUT2D eigenvalue weighted by molar-refractivity contribution is 1.45. The Morgan fingerprint density at radius 1 is 1.07 bits per heavy atom. The lowest BCUT2D eigenvalue weighted by Crippen LogP contribution is -1.89. The molecule has 0 amide bonds. The van der Waals surface area contributed by atoms with E-state index < -0.39 is 0 Å². The van der Waals surface area contributed by atoms with Crippen LogP contribution in [0.5, 0.6) is 0 Å². The highest BCUT2D eigenvalue weighted by molar-refractivity contribution is 7.08. The topological polar surface area (TPSA) is 26.0 Å². The number of aryl methyl sites for hydroxylation is 2. The molecule has 14 heavy (non-hydrogen) atoms. The van der Waals surface area contributed by atoms with Crippen molar-refractivity contribution in [2.45, 2.75) is 13.8 Å². The minimum absolute atomic E-state index is 0.863. The van der Waals surface area contributed by atoms with E-state index in [1.54, 1.807) is 11.3 Å². The van der Waals surface area contributed by atoms with Crippen molar-refractivity contribution in [3.8, 4) is 11.1 Å². The van der Waals surface area contributed by atoms with E-state index in [9.17, 15) is 0 Å². The molecule has 0 spiro atoms. The Labute approximate surface area is 88.2 Å². The molecule has 0 aliphatic carbocycles. The minimum atomic E-state index is 0.863. The van der Waals surface area contributed by atoms with Gasteiger partial charge in [0.2, 0.25) is 0 Å². The second-order valence-electron chi connectivity index (χ2n) is 3.54. The highest BCUT2D eigenvalue weighted by Gasteiger charge is 2.03. The molecule has 2 aromatic rings. The molecule has 72 valence electrons. The first-order chi connectivity index (χ1) is 6.68. The molecule has 0 bridgehead atoms. The van der Waals surface area contributed by atoms with Gasteiger partial charge < -0.3 is 5.73 Å². The molecule has 1 aromatic carbocycles. The van der Waals surface area contributed by atoms with E-state index in [4.69, 9.17) is 5.73 Å². The summed E-state index contributed by atoms with van der Waals surface area (Å²) in [7, 11) is 0. The van der Waals surface area contributed by atoms with Gasteiger partial charge in [0.05, 0.1) is 0 Å². The van der Waals surface area contributed by atoms with E-state index in [1.807, 2.05) is 13.0 Å². The molecule has 0 atom stereocenters.